The maximum absolute atomic E-state index is 12.6. The van der Waals surface area contributed by atoms with Crippen molar-refractivity contribution in [3.8, 4) is 11.9 Å². The molecule has 0 aliphatic rings. The Bertz CT molecular complexity index is 1100. The first kappa shape index (κ1) is 20.9. The van der Waals surface area contributed by atoms with Crippen molar-refractivity contribution in [1.29, 1.82) is 0 Å². The van der Waals surface area contributed by atoms with Crippen LogP contribution in [-0.2, 0) is 10.0 Å². The van der Waals surface area contributed by atoms with Crippen LogP contribution in [-0.4, -0.2) is 38.6 Å². The molecule has 11 heteroatoms. The molecular formula is C19H19N5O5S. The van der Waals surface area contributed by atoms with Gasteiger partial charge in [-0.25, -0.2) is 13.2 Å². The predicted molar refractivity (Wildman–Crippen MR) is 111 cm³/mol. The summed E-state index contributed by atoms with van der Waals surface area (Å²) < 4.78 is 37.5. The smallest absolute Gasteiger partial charge is 0.323 e. The lowest BCUT2D eigenvalue weighted by atomic mass is 10.3. The minimum Gasteiger partial charge on any atom is -0.481 e. The Balaban J connectivity index is 1.69. The Morgan fingerprint density at radius 2 is 1.50 bits per heavy atom. The van der Waals surface area contributed by atoms with Gasteiger partial charge in [0, 0.05) is 17.4 Å². The van der Waals surface area contributed by atoms with Gasteiger partial charge in [-0.3, -0.25) is 4.72 Å². The molecule has 3 rings (SSSR count). The average Bonchev–Trinajstić information content (AvgIpc) is 2.74. The van der Waals surface area contributed by atoms with Crippen LogP contribution in [0.15, 0.2) is 65.6 Å². The summed E-state index contributed by atoms with van der Waals surface area (Å²) in [6.45, 7) is 0. The van der Waals surface area contributed by atoms with Crippen LogP contribution in [0.1, 0.15) is 0 Å². The molecule has 1 aromatic heterocycles. The monoisotopic (exact) mass is 429 g/mol. The average molecular weight is 429 g/mol. The van der Waals surface area contributed by atoms with Crippen LogP contribution in [0.25, 0.3) is 0 Å². The topological polar surface area (TPSA) is 132 Å². The zero-order valence-electron chi connectivity index (χ0n) is 16.1. The summed E-state index contributed by atoms with van der Waals surface area (Å²) in [6, 6.07) is 15.4. The molecule has 0 unspecified atom stereocenters. The molecule has 0 atom stereocenters. The first-order valence-corrected chi connectivity index (χ1v) is 10.1. The number of nitrogens with zero attached hydrogens (tertiary/aromatic N) is 2. The van der Waals surface area contributed by atoms with E-state index in [1.54, 1.807) is 24.3 Å². The Kier molecular flexibility index (Phi) is 6.32. The number of para-hydroxylation sites is 1. The van der Waals surface area contributed by atoms with Crippen molar-refractivity contribution in [3.05, 3.63) is 60.7 Å². The van der Waals surface area contributed by atoms with Gasteiger partial charge in [0.25, 0.3) is 10.0 Å². The van der Waals surface area contributed by atoms with Crippen LogP contribution in [0.2, 0.25) is 0 Å². The van der Waals surface area contributed by atoms with Crippen molar-refractivity contribution in [2.75, 3.05) is 29.6 Å². The minimum atomic E-state index is -3.94. The number of nitrogens with one attached hydrogen (secondary N) is 3. The second-order valence-electron chi connectivity index (χ2n) is 5.86. The van der Waals surface area contributed by atoms with Gasteiger partial charge in [0.1, 0.15) is 0 Å². The van der Waals surface area contributed by atoms with Crippen LogP contribution in [0.5, 0.6) is 11.9 Å². The molecule has 2 amide bonds. The standard InChI is InChI=1S/C19H19N5O5S/c1-28-17-12-16(22-19(23-17)29-2)24-30(26,27)15-10-8-14(9-11-15)21-18(25)20-13-6-4-3-5-7-13/h3-12H,1-2H3,(H2,20,21,25)(H,22,23,24). The molecule has 0 fully saturated rings. The lowest BCUT2D eigenvalue weighted by molar-refractivity contribution is 0.262. The molecule has 2 aromatic carbocycles. The number of hydrogen-bond acceptors (Lipinski definition) is 7. The number of anilines is 3. The zero-order chi connectivity index (χ0) is 21.6. The van der Waals surface area contributed by atoms with Crippen molar-refractivity contribution >= 4 is 33.2 Å². The first-order chi connectivity index (χ1) is 14.4. The first-order valence-electron chi connectivity index (χ1n) is 8.62. The van der Waals surface area contributed by atoms with E-state index in [4.69, 9.17) is 9.47 Å². The molecule has 0 aliphatic carbocycles. The number of hydrogen-bond donors (Lipinski definition) is 3. The maximum atomic E-state index is 12.6. The van der Waals surface area contributed by atoms with Crippen molar-refractivity contribution in [1.82, 2.24) is 9.97 Å². The summed E-state index contributed by atoms with van der Waals surface area (Å²) in [7, 11) is -1.19. The third kappa shape index (κ3) is 5.35. The minimum absolute atomic E-state index is 0.0110. The third-order valence-corrected chi connectivity index (χ3v) is 5.14. The van der Waals surface area contributed by atoms with Gasteiger partial charge < -0.3 is 20.1 Å². The van der Waals surface area contributed by atoms with E-state index in [2.05, 4.69) is 25.3 Å². The van der Waals surface area contributed by atoms with Crippen LogP contribution < -0.4 is 24.8 Å². The molecule has 0 spiro atoms. The van der Waals surface area contributed by atoms with Gasteiger partial charge >= 0.3 is 12.0 Å². The largest absolute Gasteiger partial charge is 0.481 e. The van der Waals surface area contributed by atoms with E-state index in [0.29, 0.717) is 11.4 Å². The van der Waals surface area contributed by atoms with Crippen LogP contribution in [0.4, 0.5) is 22.0 Å². The number of carbonyl (C=O) groups is 1. The van der Waals surface area contributed by atoms with Crippen molar-refractivity contribution in [3.63, 3.8) is 0 Å². The number of aromatic nitrogens is 2. The van der Waals surface area contributed by atoms with E-state index < -0.39 is 16.1 Å². The number of ether oxygens (including phenoxy) is 2. The third-order valence-electron chi connectivity index (χ3n) is 3.77. The summed E-state index contributed by atoms with van der Waals surface area (Å²) >= 11 is 0. The molecular weight excluding hydrogens is 410 g/mol. The Morgan fingerprint density at radius 3 is 2.10 bits per heavy atom. The summed E-state index contributed by atoms with van der Waals surface area (Å²) in [5.41, 5.74) is 1.06. The second kappa shape index (κ2) is 9.09. The number of methoxy groups -OCH3 is 2. The molecule has 0 bridgehead atoms. The predicted octanol–water partition coefficient (Wildman–Crippen LogP) is 2.94. The Labute approximate surface area is 173 Å². The molecule has 3 aromatic rings. The highest BCUT2D eigenvalue weighted by atomic mass is 32.2. The van der Waals surface area contributed by atoms with Crippen LogP contribution in [0.3, 0.4) is 0 Å². The highest BCUT2D eigenvalue weighted by molar-refractivity contribution is 7.92. The van der Waals surface area contributed by atoms with Crippen LogP contribution in [0, 0.1) is 0 Å². The molecule has 156 valence electrons. The van der Waals surface area contributed by atoms with Crippen molar-refractivity contribution < 1.29 is 22.7 Å². The molecule has 0 aliphatic heterocycles. The second-order valence-corrected chi connectivity index (χ2v) is 7.54. The van der Waals surface area contributed by atoms with E-state index in [0.717, 1.165) is 0 Å². The number of sulfonamides is 1. The van der Waals surface area contributed by atoms with E-state index in [-0.39, 0.29) is 22.6 Å². The van der Waals surface area contributed by atoms with E-state index >= 15 is 0 Å². The van der Waals surface area contributed by atoms with Gasteiger partial charge in [0.05, 0.1) is 19.1 Å². The molecule has 10 nitrogen and oxygen atoms in total. The van der Waals surface area contributed by atoms with Crippen LogP contribution >= 0.6 is 0 Å². The van der Waals surface area contributed by atoms with E-state index in [1.165, 1.54) is 44.6 Å². The van der Waals surface area contributed by atoms with Gasteiger partial charge in [-0.1, -0.05) is 18.2 Å². The van der Waals surface area contributed by atoms with E-state index in [9.17, 15) is 13.2 Å². The quantitative estimate of drug-likeness (QED) is 0.526. The Hall–Kier alpha value is -3.86. The summed E-state index contributed by atoms with van der Waals surface area (Å²) in [5, 5.41) is 5.30. The summed E-state index contributed by atoms with van der Waals surface area (Å²) in [4.78, 5) is 19.9. The fourth-order valence-corrected chi connectivity index (χ4v) is 3.37. The molecule has 3 N–H and O–H groups in total. The number of amides is 2. The van der Waals surface area contributed by atoms with Crippen molar-refractivity contribution in [2.24, 2.45) is 0 Å². The molecule has 1 heterocycles. The summed E-state index contributed by atoms with van der Waals surface area (Å²) in [5.74, 6) is 0.131. The molecule has 0 radical (unpaired) electrons. The molecule has 30 heavy (non-hydrogen) atoms. The van der Waals surface area contributed by atoms with Gasteiger partial charge in [-0.2, -0.15) is 9.97 Å². The highest BCUT2D eigenvalue weighted by Crippen LogP contribution is 2.21. The lowest BCUT2D eigenvalue weighted by Gasteiger charge is -2.11. The molecule has 0 saturated carbocycles. The fraction of sp³-hybridized carbons (Fsp3) is 0.105. The Morgan fingerprint density at radius 1 is 0.867 bits per heavy atom. The lowest BCUT2D eigenvalue weighted by Crippen LogP contribution is -2.19. The maximum Gasteiger partial charge on any atom is 0.323 e. The number of rotatable bonds is 7. The van der Waals surface area contributed by atoms with Gasteiger partial charge in [-0.05, 0) is 36.4 Å². The van der Waals surface area contributed by atoms with Crippen molar-refractivity contribution in [2.45, 2.75) is 4.90 Å². The van der Waals surface area contributed by atoms with Gasteiger partial charge in [0.15, 0.2) is 5.82 Å². The molecule has 0 saturated heterocycles. The normalized spacial score (nSPS) is 10.7. The number of urea groups is 1. The summed E-state index contributed by atoms with van der Waals surface area (Å²) in [6.07, 6.45) is 0. The zero-order valence-corrected chi connectivity index (χ0v) is 16.9. The SMILES string of the molecule is COc1cc(NS(=O)(=O)c2ccc(NC(=O)Nc3ccccc3)cc2)nc(OC)n1. The van der Waals surface area contributed by atoms with Gasteiger partial charge in [-0.15, -0.1) is 0 Å². The van der Waals surface area contributed by atoms with E-state index in [1.807, 2.05) is 6.07 Å². The number of carbonyl (C=O) groups excluding carboxylic acids is 1. The fourth-order valence-electron chi connectivity index (χ4n) is 2.38. The highest BCUT2D eigenvalue weighted by Gasteiger charge is 2.17. The number of benzene rings is 2. The van der Waals surface area contributed by atoms with Gasteiger partial charge in [0.2, 0.25) is 5.88 Å².